The lowest BCUT2D eigenvalue weighted by Crippen LogP contribution is -2.15. The van der Waals surface area contributed by atoms with Crippen LogP contribution in [0.5, 0.6) is 0 Å². The summed E-state index contributed by atoms with van der Waals surface area (Å²) in [5.74, 6) is 0. The van der Waals surface area contributed by atoms with Crippen molar-refractivity contribution in [3.8, 4) is 0 Å². The number of benzene rings is 1. The first kappa shape index (κ1) is 16.9. The second-order valence-electron chi connectivity index (χ2n) is 4.09. The monoisotopic (exact) mass is 370 g/mol. The summed E-state index contributed by atoms with van der Waals surface area (Å²) in [7, 11) is -4.17. The molecule has 22 heavy (non-hydrogen) atoms. The number of halogens is 5. The van der Waals surface area contributed by atoms with Gasteiger partial charge in [0.1, 0.15) is 10.0 Å². The first-order valence-corrected chi connectivity index (χ1v) is 7.85. The molecular weight excluding hydrogens is 364 g/mol. The van der Waals surface area contributed by atoms with Gasteiger partial charge in [0.25, 0.3) is 10.0 Å². The van der Waals surface area contributed by atoms with E-state index in [1.807, 2.05) is 4.72 Å². The smallest absolute Gasteiger partial charge is 0.280 e. The summed E-state index contributed by atoms with van der Waals surface area (Å²) in [5.41, 5.74) is -1.44. The van der Waals surface area contributed by atoms with E-state index >= 15 is 0 Å². The Morgan fingerprint density at radius 3 is 2.41 bits per heavy atom. The van der Waals surface area contributed by atoms with Gasteiger partial charge in [-0.05, 0) is 30.3 Å². The zero-order valence-electron chi connectivity index (χ0n) is 10.5. The van der Waals surface area contributed by atoms with Crippen molar-refractivity contribution in [2.24, 2.45) is 0 Å². The van der Waals surface area contributed by atoms with Gasteiger partial charge in [-0.15, -0.1) is 0 Å². The molecule has 0 unspecified atom stereocenters. The standard InChI is InChI=1S/C12H7Cl2F3N2O2S/c13-9-4-3-7(6-8(9)12(15,16)17)19-22(20,21)10-2-1-5-18-11(10)14/h1-6,19H. The number of hydrogen-bond acceptors (Lipinski definition) is 3. The fourth-order valence-electron chi connectivity index (χ4n) is 1.59. The van der Waals surface area contributed by atoms with Crippen molar-refractivity contribution in [3.63, 3.8) is 0 Å². The van der Waals surface area contributed by atoms with Crippen LogP contribution in [0.4, 0.5) is 18.9 Å². The fourth-order valence-corrected chi connectivity index (χ4v) is 3.32. The third-order valence-corrected chi connectivity index (χ3v) is 4.69. The van der Waals surface area contributed by atoms with Gasteiger partial charge < -0.3 is 0 Å². The largest absolute Gasteiger partial charge is 0.417 e. The highest BCUT2D eigenvalue weighted by molar-refractivity contribution is 7.92. The molecule has 0 spiro atoms. The van der Waals surface area contributed by atoms with Gasteiger partial charge in [0, 0.05) is 11.9 Å². The van der Waals surface area contributed by atoms with Gasteiger partial charge >= 0.3 is 6.18 Å². The van der Waals surface area contributed by atoms with Crippen LogP contribution >= 0.6 is 23.2 Å². The molecule has 1 aromatic heterocycles. The molecule has 0 aliphatic carbocycles. The second kappa shape index (κ2) is 5.94. The van der Waals surface area contributed by atoms with Crippen LogP contribution in [0.25, 0.3) is 0 Å². The van der Waals surface area contributed by atoms with E-state index in [0.29, 0.717) is 6.07 Å². The summed E-state index contributed by atoms with van der Waals surface area (Å²) in [4.78, 5) is 3.26. The van der Waals surface area contributed by atoms with Crippen molar-refractivity contribution < 1.29 is 21.6 Å². The number of rotatable bonds is 3. The summed E-state index contributed by atoms with van der Waals surface area (Å²) in [6, 6.07) is 5.18. The molecule has 4 nitrogen and oxygen atoms in total. The number of hydrogen-bond donors (Lipinski definition) is 1. The summed E-state index contributed by atoms with van der Waals surface area (Å²) >= 11 is 11.1. The molecule has 118 valence electrons. The predicted octanol–water partition coefficient (Wildman–Crippen LogP) is 4.21. The highest BCUT2D eigenvalue weighted by Crippen LogP contribution is 2.36. The topological polar surface area (TPSA) is 59.1 Å². The van der Waals surface area contributed by atoms with Crippen LogP contribution < -0.4 is 4.72 Å². The number of alkyl halides is 3. The molecule has 2 aromatic rings. The summed E-state index contributed by atoms with van der Waals surface area (Å²) in [5, 5.41) is -0.824. The molecule has 1 N–H and O–H groups in total. The normalized spacial score (nSPS) is 12.2. The third-order valence-electron chi connectivity index (χ3n) is 2.54. The molecule has 0 saturated heterocycles. The maximum Gasteiger partial charge on any atom is 0.417 e. The summed E-state index contributed by atoms with van der Waals surface area (Å²) < 4.78 is 64.5. The van der Waals surface area contributed by atoms with E-state index in [1.54, 1.807) is 0 Å². The average molecular weight is 371 g/mol. The van der Waals surface area contributed by atoms with Crippen LogP contribution in [0.1, 0.15) is 5.56 Å². The second-order valence-corrected chi connectivity index (χ2v) is 6.51. The first-order valence-electron chi connectivity index (χ1n) is 5.61. The SMILES string of the molecule is O=S(=O)(Nc1ccc(Cl)c(C(F)(F)F)c1)c1cccnc1Cl. The Bertz CT molecular complexity index is 810. The molecule has 1 heterocycles. The van der Waals surface area contributed by atoms with E-state index < -0.39 is 26.8 Å². The van der Waals surface area contributed by atoms with E-state index in [-0.39, 0.29) is 15.7 Å². The van der Waals surface area contributed by atoms with Crippen LogP contribution in [-0.4, -0.2) is 13.4 Å². The molecular formula is C12H7Cl2F3N2O2S. The van der Waals surface area contributed by atoms with Crippen LogP contribution in [0.2, 0.25) is 10.2 Å². The number of nitrogens with one attached hydrogen (secondary N) is 1. The minimum atomic E-state index is -4.70. The summed E-state index contributed by atoms with van der Waals surface area (Å²) in [6.45, 7) is 0. The molecule has 0 bridgehead atoms. The molecule has 0 radical (unpaired) electrons. The lowest BCUT2D eigenvalue weighted by Gasteiger charge is -2.13. The molecule has 0 atom stereocenters. The van der Waals surface area contributed by atoms with Gasteiger partial charge in [0.2, 0.25) is 0 Å². The highest BCUT2D eigenvalue weighted by Gasteiger charge is 2.33. The van der Waals surface area contributed by atoms with Gasteiger partial charge in [-0.3, -0.25) is 4.72 Å². The van der Waals surface area contributed by atoms with Crippen molar-refractivity contribution in [1.82, 2.24) is 4.98 Å². The van der Waals surface area contributed by atoms with Crippen molar-refractivity contribution >= 4 is 38.9 Å². The van der Waals surface area contributed by atoms with Crippen LogP contribution in [0, 0.1) is 0 Å². The Labute approximate surface area is 133 Å². The van der Waals surface area contributed by atoms with Gasteiger partial charge in [-0.25, -0.2) is 13.4 Å². The Morgan fingerprint density at radius 2 is 1.82 bits per heavy atom. The fraction of sp³-hybridized carbons (Fsp3) is 0.0833. The van der Waals surface area contributed by atoms with Gasteiger partial charge in [0.15, 0.2) is 0 Å². The molecule has 0 saturated carbocycles. The number of sulfonamides is 1. The molecule has 2 rings (SSSR count). The minimum absolute atomic E-state index is 0.292. The van der Waals surface area contributed by atoms with Crippen molar-refractivity contribution in [2.45, 2.75) is 11.1 Å². The van der Waals surface area contributed by atoms with Gasteiger partial charge in [-0.1, -0.05) is 23.2 Å². The Hall–Kier alpha value is -1.51. The van der Waals surface area contributed by atoms with Gasteiger partial charge in [-0.2, -0.15) is 13.2 Å². The zero-order valence-corrected chi connectivity index (χ0v) is 12.9. The molecule has 1 aromatic carbocycles. The highest BCUT2D eigenvalue weighted by atomic mass is 35.5. The van der Waals surface area contributed by atoms with Gasteiger partial charge in [0.05, 0.1) is 10.6 Å². The van der Waals surface area contributed by atoms with Crippen LogP contribution in [-0.2, 0) is 16.2 Å². The van der Waals surface area contributed by atoms with Crippen LogP contribution in [0.3, 0.4) is 0 Å². The van der Waals surface area contributed by atoms with Crippen molar-refractivity contribution in [3.05, 3.63) is 52.3 Å². The molecule has 0 amide bonds. The van der Waals surface area contributed by atoms with Crippen molar-refractivity contribution in [2.75, 3.05) is 4.72 Å². The third kappa shape index (κ3) is 3.63. The summed E-state index contributed by atoms with van der Waals surface area (Å²) in [6.07, 6.45) is -3.42. The first-order chi connectivity index (χ1) is 10.1. The average Bonchev–Trinajstić information content (AvgIpc) is 2.39. The van der Waals surface area contributed by atoms with E-state index in [2.05, 4.69) is 4.98 Å². The van der Waals surface area contributed by atoms with E-state index in [4.69, 9.17) is 23.2 Å². The molecule has 0 aliphatic heterocycles. The molecule has 0 aliphatic rings. The quantitative estimate of drug-likeness (QED) is 0.823. The predicted molar refractivity (Wildman–Crippen MR) is 76.5 cm³/mol. The van der Waals surface area contributed by atoms with Crippen LogP contribution in [0.15, 0.2) is 41.4 Å². The number of nitrogens with zero attached hydrogens (tertiary/aromatic N) is 1. The minimum Gasteiger partial charge on any atom is -0.280 e. The van der Waals surface area contributed by atoms with Crippen molar-refractivity contribution in [1.29, 1.82) is 0 Å². The number of anilines is 1. The maximum absolute atomic E-state index is 12.8. The van der Waals surface area contributed by atoms with E-state index in [9.17, 15) is 21.6 Å². The Morgan fingerprint density at radius 1 is 1.14 bits per heavy atom. The lowest BCUT2D eigenvalue weighted by molar-refractivity contribution is -0.137. The number of aromatic nitrogens is 1. The Balaban J connectivity index is 2.41. The molecule has 10 heteroatoms. The Kier molecular flexibility index (Phi) is 4.55. The number of pyridine rings is 1. The van der Waals surface area contributed by atoms with E-state index in [0.717, 1.165) is 12.1 Å². The molecule has 0 fully saturated rings. The maximum atomic E-state index is 12.8. The lowest BCUT2D eigenvalue weighted by atomic mass is 10.2. The van der Waals surface area contributed by atoms with E-state index in [1.165, 1.54) is 18.3 Å². The zero-order chi connectivity index (χ0) is 16.5.